The largest absolute Gasteiger partial charge is 0.469 e. The average Bonchev–Trinajstić information content (AvgIpc) is 2.28. The van der Waals surface area contributed by atoms with Gasteiger partial charge in [-0.1, -0.05) is 0 Å². The number of ether oxygens (including phenoxy) is 2. The molecule has 0 aromatic rings. The molecule has 0 bridgehead atoms. The predicted molar refractivity (Wildman–Crippen MR) is 40.6 cm³/mol. The van der Waals surface area contributed by atoms with Crippen molar-refractivity contribution in [2.45, 2.75) is 12.8 Å². The Hall–Kier alpha value is -0.900. The number of rotatable bonds is 1. The standard InChI is InChI=1S/C8H12O4/c1-11-8(10)6-2-3-12-5-7(9)4-6/h6H,2-5H2,1H3. The van der Waals surface area contributed by atoms with E-state index in [-0.39, 0.29) is 30.7 Å². The molecule has 1 rings (SSSR count). The minimum absolute atomic E-state index is 0.0251. The highest BCUT2D eigenvalue weighted by Gasteiger charge is 2.24. The van der Waals surface area contributed by atoms with Gasteiger partial charge < -0.3 is 9.47 Å². The molecule has 1 fully saturated rings. The SMILES string of the molecule is COC(=O)C1CCOCC(=O)C1. The summed E-state index contributed by atoms with van der Waals surface area (Å²) >= 11 is 0. The molecule has 1 heterocycles. The van der Waals surface area contributed by atoms with Crippen molar-refractivity contribution < 1.29 is 19.1 Å². The van der Waals surface area contributed by atoms with Crippen LogP contribution in [0, 0.1) is 5.92 Å². The number of carbonyl (C=O) groups is 2. The molecule has 1 saturated heterocycles. The molecule has 0 aromatic carbocycles. The van der Waals surface area contributed by atoms with Gasteiger partial charge in [0.2, 0.25) is 0 Å². The molecule has 1 aliphatic heterocycles. The first kappa shape index (κ1) is 9.19. The lowest BCUT2D eigenvalue weighted by Crippen LogP contribution is -2.19. The Balaban J connectivity index is 2.51. The smallest absolute Gasteiger partial charge is 0.309 e. The maximum absolute atomic E-state index is 11.0. The van der Waals surface area contributed by atoms with Crippen molar-refractivity contribution in [3.05, 3.63) is 0 Å². The summed E-state index contributed by atoms with van der Waals surface area (Å²) in [6, 6.07) is 0. The molecule has 1 atom stereocenters. The monoisotopic (exact) mass is 172 g/mol. The molecule has 0 radical (unpaired) electrons. The lowest BCUT2D eigenvalue weighted by molar-refractivity contribution is -0.147. The van der Waals surface area contributed by atoms with Crippen molar-refractivity contribution >= 4 is 11.8 Å². The third-order valence-electron chi connectivity index (χ3n) is 1.88. The fourth-order valence-corrected chi connectivity index (χ4v) is 1.22. The topological polar surface area (TPSA) is 52.6 Å². The average molecular weight is 172 g/mol. The van der Waals surface area contributed by atoms with Crippen LogP contribution in [-0.2, 0) is 19.1 Å². The van der Waals surface area contributed by atoms with E-state index >= 15 is 0 Å². The fraction of sp³-hybridized carbons (Fsp3) is 0.750. The number of hydrogen-bond donors (Lipinski definition) is 0. The van der Waals surface area contributed by atoms with E-state index in [1.54, 1.807) is 0 Å². The van der Waals surface area contributed by atoms with Crippen LogP contribution in [0.4, 0.5) is 0 Å². The van der Waals surface area contributed by atoms with Crippen molar-refractivity contribution in [1.82, 2.24) is 0 Å². The molecule has 0 aliphatic carbocycles. The van der Waals surface area contributed by atoms with Crippen LogP contribution < -0.4 is 0 Å². The molecule has 4 heteroatoms. The van der Waals surface area contributed by atoms with Gasteiger partial charge in [-0.3, -0.25) is 9.59 Å². The van der Waals surface area contributed by atoms with Gasteiger partial charge in [-0.25, -0.2) is 0 Å². The summed E-state index contributed by atoms with van der Waals surface area (Å²) in [6.45, 7) is 0.596. The predicted octanol–water partition coefficient (Wildman–Crippen LogP) is 0.155. The Morgan fingerprint density at radius 2 is 2.42 bits per heavy atom. The van der Waals surface area contributed by atoms with Crippen LogP contribution in [-0.4, -0.2) is 32.1 Å². The molecule has 12 heavy (non-hydrogen) atoms. The Morgan fingerprint density at radius 3 is 3.08 bits per heavy atom. The van der Waals surface area contributed by atoms with E-state index in [4.69, 9.17) is 4.74 Å². The highest BCUT2D eigenvalue weighted by molar-refractivity contribution is 5.85. The Bertz CT molecular complexity index is 187. The van der Waals surface area contributed by atoms with E-state index in [1.165, 1.54) is 7.11 Å². The summed E-state index contributed by atoms with van der Waals surface area (Å²) in [5, 5.41) is 0. The van der Waals surface area contributed by atoms with Crippen LogP contribution in [0.2, 0.25) is 0 Å². The van der Waals surface area contributed by atoms with Crippen molar-refractivity contribution in [2.24, 2.45) is 5.92 Å². The molecule has 0 amide bonds. The third-order valence-corrected chi connectivity index (χ3v) is 1.88. The van der Waals surface area contributed by atoms with Crippen LogP contribution in [0.5, 0.6) is 0 Å². The zero-order valence-corrected chi connectivity index (χ0v) is 7.04. The van der Waals surface area contributed by atoms with Crippen LogP contribution in [0.1, 0.15) is 12.8 Å². The summed E-state index contributed by atoms with van der Waals surface area (Å²) < 4.78 is 9.52. The number of methoxy groups -OCH3 is 1. The van der Waals surface area contributed by atoms with Crippen LogP contribution >= 0.6 is 0 Å². The molecule has 1 unspecified atom stereocenters. The molecule has 1 aliphatic rings. The summed E-state index contributed by atoms with van der Waals surface area (Å²) in [7, 11) is 1.33. The van der Waals surface area contributed by atoms with Crippen molar-refractivity contribution in [1.29, 1.82) is 0 Å². The quantitative estimate of drug-likeness (QED) is 0.528. The van der Waals surface area contributed by atoms with E-state index in [0.29, 0.717) is 13.0 Å². The van der Waals surface area contributed by atoms with Gasteiger partial charge >= 0.3 is 5.97 Å². The van der Waals surface area contributed by atoms with E-state index in [1.807, 2.05) is 0 Å². The van der Waals surface area contributed by atoms with Gasteiger partial charge in [0.15, 0.2) is 5.78 Å². The van der Waals surface area contributed by atoms with E-state index in [0.717, 1.165) is 0 Å². The third kappa shape index (κ3) is 2.30. The minimum atomic E-state index is -0.311. The normalized spacial score (nSPS) is 24.8. The maximum Gasteiger partial charge on any atom is 0.309 e. The van der Waals surface area contributed by atoms with Gasteiger partial charge in [-0.05, 0) is 6.42 Å². The summed E-state index contributed by atoms with van der Waals surface area (Å²) in [5.41, 5.74) is 0. The summed E-state index contributed by atoms with van der Waals surface area (Å²) in [4.78, 5) is 22.0. The number of hydrogen-bond acceptors (Lipinski definition) is 4. The molecule has 0 saturated carbocycles. The van der Waals surface area contributed by atoms with Gasteiger partial charge in [-0.2, -0.15) is 0 Å². The summed E-state index contributed by atoms with van der Waals surface area (Å²) in [6.07, 6.45) is 0.838. The van der Waals surface area contributed by atoms with Gasteiger partial charge in [-0.15, -0.1) is 0 Å². The Labute approximate surface area is 70.8 Å². The van der Waals surface area contributed by atoms with E-state index < -0.39 is 0 Å². The first-order valence-corrected chi connectivity index (χ1v) is 3.91. The second-order valence-corrected chi connectivity index (χ2v) is 2.80. The molecule has 4 nitrogen and oxygen atoms in total. The molecule has 0 spiro atoms. The van der Waals surface area contributed by atoms with Gasteiger partial charge in [0.1, 0.15) is 6.61 Å². The molecule has 0 aromatic heterocycles. The highest BCUT2D eigenvalue weighted by Crippen LogP contribution is 2.14. The van der Waals surface area contributed by atoms with Crippen molar-refractivity contribution in [2.75, 3.05) is 20.3 Å². The Morgan fingerprint density at radius 1 is 1.67 bits per heavy atom. The van der Waals surface area contributed by atoms with Crippen molar-refractivity contribution in [3.8, 4) is 0 Å². The van der Waals surface area contributed by atoms with Gasteiger partial charge in [0, 0.05) is 13.0 Å². The van der Waals surface area contributed by atoms with Gasteiger partial charge in [0.05, 0.1) is 13.0 Å². The van der Waals surface area contributed by atoms with Crippen LogP contribution in [0.15, 0.2) is 0 Å². The maximum atomic E-state index is 11.0. The van der Waals surface area contributed by atoms with Crippen molar-refractivity contribution in [3.63, 3.8) is 0 Å². The first-order chi connectivity index (χ1) is 5.74. The number of esters is 1. The lowest BCUT2D eigenvalue weighted by Gasteiger charge is -2.08. The molecule has 0 N–H and O–H groups in total. The van der Waals surface area contributed by atoms with Crippen LogP contribution in [0.3, 0.4) is 0 Å². The number of Topliss-reactive ketones (excluding diaryl/α,β-unsaturated/α-hetero) is 1. The molecular weight excluding hydrogens is 160 g/mol. The van der Waals surface area contributed by atoms with E-state index in [9.17, 15) is 9.59 Å². The molecular formula is C8H12O4. The zero-order valence-electron chi connectivity index (χ0n) is 7.04. The van der Waals surface area contributed by atoms with Crippen LogP contribution in [0.25, 0.3) is 0 Å². The fourth-order valence-electron chi connectivity index (χ4n) is 1.22. The summed E-state index contributed by atoms with van der Waals surface area (Å²) in [5.74, 6) is -0.637. The Kier molecular flexibility index (Phi) is 3.22. The molecule has 68 valence electrons. The second kappa shape index (κ2) is 4.21. The van der Waals surface area contributed by atoms with Gasteiger partial charge in [0.25, 0.3) is 0 Å². The first-order valence-electron chi connectivity index (χ1n) is 3.91. The number of carbonyl (C=O) groups excluding carboxylic acids is 2. The minimum Gasteiger partial charge on any atom is -0.469 e. The van der Waals surface area contributed by atoms with E-state index in [2.05, 4.69) is 4.74 Å². The lowest BCUT2D eigenvalue weighted by atomic mass is 10.0. The highest BCUT2D eigenvalue weighted by atomic mass is 16.5. The second-order valence-electron chi connectivity index (χ2n) is 2.80. The number of ketones is 1. The zero-order chi connectivity index (χ0) is 8.97.